The third-order valence-corrected chi connectivity index (χ3v) is 1.12. The Morgan fingerprint density at radius 1 is 1.80 bits per heavy atom. The van der Waals surface area contributed by atoms with Crippen molar-refractivity contribution in [3.05, 3.63) is 6.92 Å². The highest BCUT2D eigenvalue weighted by atomic mass is 16.5. The van der Waals surface area contributed by atoms with Crippen molar-refractivity contribution in [2.45, 2.75) is 26.0 Å². The minimum atomic E-state index is -0.399. The second-order valence-electron chi connectivity index (χ2n) is 2.03. The molecular weight excluding hydrogens is 130 g/mol. The van der Waals surface area contributed by atoms with Gasteiger partial charge in [0.1, 0.15) is 0 Å². The zero-order valence-corrected chi connectivity index (χ0v) is 6.30. The van der Waals surface area contributed by atoms with Gasteiger partial charge in [-0.2, -0.15) is 0 Å². The number of ether oxygens (including phenoxy) is 1. The molecule has 0 amide bonds. The lowest BCUT2D eigenvalue weighted by molar-refractivity contribution is -0.132. The van der Waals surface area contributed by atoms with Crippen molar-refractivity contribution >= 4 is 6.47 Å². The molecule has 10 heavy (non-hydrogen) atoms. The summed E-state index contributed by atoms with van der Waals surface area (Å²) < 4.78 is 4.49. The van der Waals surface area contributed by atoms with Crippen LogP contribution in [0.25, 0.3) is 0 Å². The molecule has 0 spiro atoms. The lowest BCUT2D eigenvalue weighted by atomic mass is 10.3. The topological polar surface area (TPSA) is 38.3 Å². The van der Waals surface area contributed by atoms with E-state index < -0.39 is 6.23 Å². The zero-order chi connectivity index (χ0) is 7.82. The third kappa shape index (κ3) is 5.56. The molecular formula is C7H14NO2. The number of carbonyl (C=O) groups excluding carboxylic acids is 1. The minimum Gasteiger partial charge on any atom is -0.449 e. The number of carbonyl (C=O) groups is 1. The van der Waals surface area contributed by atoms with Crippen molar-refractivity contribution in [3.63, 3.8) is 0 Å². The second-order valence-corrected chi connectivity index (χ2v) is 2.03. The maximum Gasteiger partial charge on any atom is 0.294 e. The standard InChI is InChI=1S/C7H14NO2/c1-3-4-5-8-7(2)10-6-9/h6-8H,2-5H2,1H3. The Morgan fingerprint density at radius 3 is 3.00 bits per heavy atom. The number of rotatable bonds is 6. The van der Waals surface area contributed by atoms with Crippen LogP contribution >= 0.6 is 0 Å². The molecule has 1 N–H and O–H groups in total. The average Bonchev–Trinajstić information content (AvgIpc) is 1.89. The van der Waals surface area contributed by atoms with Crippen LogP contribution in [0.4, 0.5) is 0 Å². The first-order chi connectivity index (χ1) is 4.81. The van der Waals surface area contributed by atoms with Crippen LogP contribution in [0, 0.1) is 6.92 Å². The smallest absolute Gasteiger partial charge is 0.294 e. The van der Waals surface area contributed by atoms with Gasteiger partial charge in [-0.3, -0.25) is 10.1 Å². The molecule has 0 aliphatic rings. The van der Waals surface area contributed by atoms with E-state index in [0.29, 0.717) is 6.47 Å². The summed E-state index contributed by atoms with van der Waals surface area (Å²) in [6, 6.07) is 0. The minimum absolute atomic E-state index is 0.399. The Morgan fingerprint density at radius 2 is 2.50 bits per heavy atom. The summed E-state index contributed by atoms with van der Waals surface area (Å²) in [5, 5.41) is 2.92. The van der Waals surface area contributed by atoms with Gasteiger partial charge in [0.25, 0.3) is 6.47 Å². The summed E-state index contributed by atoms with van der Waals surface area (Å²) in [6.45, 7) is 6.88. The van der Waals surface area contributed by atoms with Gasteiger partial charge in [-0.1, -0.05) is 13.3 Å². The van der Waals surface area contributed by atoms with Crippen molar-refractivity contribution < 1.29 is 9.53 Å². The molecule has 1 atom stereocenters. The molecule has 0 bridgehead atoms. The lowest BCUT2D eigenvalue weighted by Crippen LogP contribution is -2.29. The predicted molar refractivity (Wildman–Crippen MR) is 39.2 cm³/mol. The monoisotopic (exact) mass is 144 g/mol. The molecule has 0 aliphatic heterocycles. The van der Waals surface area contributed by atoms with E-state index in [2.05, 4.69) is 23.9 Å². The van der Waals surface area contributed by atoms with Crippen LogP contribution in [0.5, 0.6) is 0 Å². The molecule has 0 saturated carbocycles. The Kier molecular flexibility index (Phi) is 6.18. The SMILES string of the molecule is [CH2]C(NCCCC)OC=O. The largest absolute Gasteiger partial charge is 0.449 e. The molecule has 1 radical (unpaired) electrons. The molecule has 0 saturated heterocycles. The van der Waals surface area contributed by atoms with Crippen molar-refractivity contribution in [2.75, 3.05) is 6.54 Å². The first-order valence-corrected chi connectivity index (χ1v) is 3.46. The summed E-state index contributed by atoms with van der Waals surface area (Å²) in [4.78, 5) is 9.75. The lowest BCUT2D eigenvalue weighted by Gasteiger charge is -2.09. The number of unbranched alkanes of at least 4 members (excludes halogenated alkanes) is 1. The Balaban J connectivity index is 3.04. The van der Waals surface area contributed by atoms with E-state index in [9.17, 15) is 4.79 Å². The van der Waals surface area contributed by atoms with E-state index in [0.717, 1.165) is 19.4 Å². The molecule has 0 fully saturated rings. The fraction of sp³-hybridized carbons (Fsp3) is 0.714. The van der Waals surface area contributed by atoms with Crippen LogP contribution in [0.1, 0.15) is 19.8 Å². The molecule has 59 valence electrons. The van der Waals surface area contributed by atoms with Gasteiger partial charge in [0.2, 0.25) is 0 Å². The van der Waals surface area contributed by atoms with Crippen LogP contribution in [0.15, 0.2) is 0 Å². The predicted octanol–water partition coefficient (Wildman–Crippen LogP) is 0.709. The molecule has 1 unspecified atom stereocenters. The molecule has 0 heterocycles. The van der Waals surface area contributed by atoms with Gasteiger partial charge in [-0.15, -0.1) is 0 Å². The second kappa shape index (κ2) is 6.55. The van der Waals surface area contributed by atoms with Gasteiger partial charge >= 0.3 is 0 Å². The first-order valence-electron chi connectivity index (χ1n) is 3.46. The summed E-state index contributed by atoms with van der Waals surface area (Å²) in [5.41, 5.74) is 0. The molecule has 3 heteroatoms. The van der Waals surface area contributed by atoms with Crippen LogP contribution in [0.3, 0.4) is 0 Å². The maximum absolute atomic E-state index is 9.75. The van der Waals surface area contributed by atoms with Gasteiger partial charge < -0.3 is 4.74 Å². The highest BCUT2D eigenvalue weighted by molar-refractivity contribution is 5.37. The van der Waals surface area contributed by atoms with Crippen LogP contribution < -0.4 is 5.32 Å². The molecule has 0 aromatic carbocycles. The van der Waals surface area contributed by atoms with E-state index in [1.165, 1.54) is 0 Å². The molecule has 0 rings (SSSR count). The average molecular weight is 144 g/mol. The van der Waals surface area contributed by atoms with Gasteiger partial charge in [-0.05, 0) is 13.0 Å². The van der Waals surface area contributed by atoms with Crippen LogP contribution in [-0.4, -0.2) is 19.2 Å². The van der Waals surface area contributed by atoms with Crippen molar-refractivity contribution in [1.29, 1.82) is 0 Å². The Labute approximate surface area is 61.8 Å². The van der Waals surface area contributed by atoms with Gasteiger partial charge in [0, 0.05) is 6.92 Å². The normalized spacial score (nSPS) is 12.6. The summed E-state index contributed by atoms with van der Waals surface area (Å²) >= 11 is 0. The van der Waals surface area contributed by atoms with Gasteiger partial charge in [0.15, 0.2) is 6.23 Å². The fourth-order valence-electron chi connectivity index (χ4n) is 0.555. The van der Waals surface area contributed by atoms with Crippen molar-refractivity contribution in [2.24, 2.45) is 0 Å². The molecule has 3 nitrogen and oxygen atoms in total. The highest BCUT2D eigenvalue weighted by Crippen LogP contribution is 1.85. The van der Waals surface area contributed by atoms with E-state index in [1.54, 1.807) is 0 Å². The number of hydrogen-bond acceptors (Lipinski definition) is 3. The van der Waals surface area contributed by atoms with Gasteiger partial charge in [0.05, 0.1) is 0 Å². The molecule has 0 aliphatic carbocycles. The molecule has 0 aromatic heterocycles. The number of nitrogens with one attached hydrogen (secondary N) is 1. The third-order valence-electron chi connectivity index (χ3n) is 1.12. The van der Waals surface area contributed by atoms with Crippen LogP contribution in [-0.2, 0) is 9.53 Å². The van der Waals surface area contributed by atoms with Crippen molar-refractivity contribution in [1.82, 2.24) is 5.32 Å². The summed E-state index contributed by atoms with van der Waals surface area (Å²) in [6.07, 6.45) is 1.80. The first kappa shape index (κ1) is 9.43. The number of hydrogen-bond donors (Lipinski definition) is 1. The fourth-order valence-corrected chi connectivity index (χ4v) is 0.555. The molecule has 0 aromatic rings. The van der Waals surface area contributed by atoms with E-state index in [4.69, 9.17) is 0 Å². The van der Waals surface area contributed by atoms with Crippen LogP contribution in [0.2, 0.25) is 0 Å². The van der Waals surface area contributed by atoms with E-state index >= 15 is 0 Å². The van der Waals surface area contributed by atoms with Crippen molar-refractivity contribution in [3.8, 4) is 0 Å². The zero-order valence-electron chi connectivity index (χ0n) is 6.30. The van der Waals surface area contributed by atoms with E-state index in [1.807, 2.05) is 0 Å². The Bertz CT molecular complexity index is 85.7. The quantitative estimate of drug-likeness (QED) is 0.339. The summed E-state index contributed by atoms with van der Waals surface area (Å²) in [7, 11) is 0. The van der Waals surface area contributed by atoms with Gasteiger partial charge in [-0.25, -0.2) is 0 Å². The maximum atomic E-state index is 9.75. The van der Waals surface area contributed by atoms with E-state index in [-0.39, 0.29) is 0 Å². The summed E-state index contributed by atoms with van der Waals surface area (Å²) in [5.74, 6) is 0. The Hall–Kier alpha value is -0.570. The highest BCUT2D eigenvalue weighted by Gasteiger charge is 1.96.